The molecule has 1 saturated carbocycles. The third-order valence-corrected chi connectivity index (χ3v) is 10.1. The fourth-order valence-corrected chi connectivity index (χ4v) is 7.41. The van der Waals surface area contributed by atoms with Crippen LogP contribution in [0.2, 0.25) is 5.02 Å². The topological polar surface area (TPSA) is 57.6 Å². The zero-order chi connectivity index (χ0) is 29.0. The Labute approximate surface area is 236 Å². The lowest BCUT2D eigenvalue weighted by Crippen LogP contribution is -2.51. The van der Waals surface area contributed by atoms with Gasteiger partial charge in [-0.1, -0.05) is 41.9 Å². The summed E-state index contributed by atoms with van der Waals surface area (Å²) >= 11 is 6.27. The van der Waals surface area contributed by atoms with Crippen molar-refractivity contribution in [3.63, 3.8) is 0 Å². The Morgan fingerprint density at radius 1 is 1.02 bits per heavy atom. The number of aliphatic carboxylic acids is 1. The van der Waals surface area contributed by atoms with Crippen LogP contribution in [0.5, 0.6) is 0 Å². The zero-order valence-corrected chi connectivity index (χ0v) is 23.4. The van der Waals surface area contributed by atoms with Crippen molar-refractivity contribution < 1.29 is 32.3 Å². The Morgan fingerprint density at radius 2 is 1.70 bits per heavy atom. The van der Waals surface area contributed by atoms with Crippen molar-refractivity contribution in [1.29, 1.82) is 0 Å². The number of fused-ring (bicyclic) bond motifs is 3. The van der Waals surface area contributed by atoms with Crippen molar-refractivity contribution in [2.75, 3.05) is 6.54 Å². The van der Waals surface area contributed by atoms with E-state index in [1.165, 1.54) is 12.1 Å². The predicted octanol–water partition coefficient (Wildman–Crippen LogP) is 7.31. The molecule has 0 aromatic heterocycles. The second-order valence-electron chi connectivity index (χ2n) is 12.0. The van der Waals surface area contributed by atoms with Gasteiger partial charge < -0.3 is 10.0 Å². The fourth-order valence-electron chi connectivity index (χ4n) is 7.29. The van der Waals surface area contributed by atoms with Crippen LogP contribution in [0.25, 0.3) is 0 Å². The standard InChI is InChI=1S/C31H34ClF4NO3/c1-18-15-19(3-11-25(18)32)17-30-13-14-37(27(38)20-4-6-21(7-5-20)28(39)40)26(30)12-8-22-16-23(9-10-24(22)30)29(2,33)31(34,35)36/h3,9-11,15-16,20-21,26H,4-8,12-14,17H2,1-2H3,(H,39,40). The molecule has 2 fully saturated rings. The molecule has 216 valence electrons. The fraction of sp³-hybridized carbons (Fsp3) is 0.548. The quantitative estimate of drug-likeness (QED) is 0.378. The first-order valence-corrected chi connectivity index (χ1v) is 14.3. The van der Waals surface area contributed by atoms with Crippen LogP contribution >= 0.6 is 11.6 Å². The number of carbonyl (C=O) groups is 2. The van der Waals surface area contributed by atoms with Gasteiger partial charge in [-0.25, -0.2) is 4.39 Å². The highest BCUT2D eigenvalue weighted by atomic mass is 35.5. The highest BCUT2D eigenvalue weighted by Crippen LogP contribution is 2.51. The molecule has 1 saturated heterocycles. The smallest absolute Gasteiger partial charge is 0.426 e. The number of carboxylic acid groups (broad SMARTS) is 1. The number of alkyl halides is 4. The molecule has 40 heavy (non-hydrogen) atoms. The predicted molar refractivity (Wildman–Crippen MR) is 144 cm³/mol. The van der Waals surface area contributed by atoms with Gasteiger partial charge in [0, 0.05) is 28.9 Å². The van der Waals surface area contributed by atoms with Crippen LogP contribution < -0.4 is 0 Å². The number of hydrogen-bond donors (Lipinski definition) is 1. The number of nitrogens with zero attached hydrogens (tertiary/aromatic N) is 1. The van der Waals surface area contributed by atoms with Crippen molar-refractivity contribution >= 4 is 23.5 Å². The first-order chi connectivity index (χ1) is 18.7. The van der Waals surface area contributed by atoms with Gasteiger partial charge in [-0.3, -0.25) is 9.59 Å². The molecule has 5 rings (SSSR count). The number of benzene rings is 2. The van der Waals surface area contributed by atoms with E-state index in [0.29, 0.717) is 75.4 Å². The first kappa shape index (κ1) is 28.9. The van der Waals surface area contributed by atoms with Gasteiger partial charge in [0.2, 0.25) is 11.6 Å². The minimum absolute atomic E-state index is 0.0384. The lowest BCUT2D eigenvalue weighted by Gasteiger charge is -2.45. The van der Waals surface area contributed by atoms with Gasteiger partial charge >= 0.3 is 12.1 Å². The lowest BCUT2D eigenvalue weighted by atomic mass is 9.63. The summed E-state index contributed by atoms with van der Waals surface area (Å²) in [6.07, 6.45) is -0.791. The van der Waals surface area contributed by atoms with Gasteiger partial charge in [0.05, 0.1) is 5.92 Å². The number of hydrogen-bond acceptors (Lipinski definition) is 2. The molecule has 0 spiro atoms. The number of halogens is 5. The summed E-state index contributed by atoms with van der Waals surface area (Å²) in [6.45, 7) is 2.99. The Bertz CT molecular complexity index is 1320. The number of rotatable bonds is 5. The molecule has 4 nitrogen and oxygen atoms in total. The van der Waals surface area contributed by atoms with Crippen LogP contribution in [0, 0.1) is 18.8 Å². The number of aryl methyl sites for hydroxylation is 2. The molecule has 1 aliphatic heterocycles. The van der Waals surface area contributed by atoms with E-state index in [0.717, 1.165) is 16.7 Å². The van der Waals surface area contributed by atoms with Crippen LogP contribution in [0.1, 0.15) is 73.3 Å². The molecular weight excluding hydrogens is 546 g/mol. The molecule has 3 unspecified atom stereocenters. The molecule has 2 aliphatic carbocycles. The molecule has 2 aromatic rings. The van der Waals surface area contributed by atoms with E-state index in [4.69, 9.17) is 11.6 Å². The molecule has 1 heterocycles. The maximum Gasteiger partial charge on any atom is 0.426 e. The van der Waals surface area contributed by atoms with E-state index >= 15 is 0 Å². The van der Waals surface area contributed by atoms with Gasteiger partial charge in [-0.2, -0.15) is 13.2 Å². The van der Waals surface area contributed by atoms with Crippen LogP contribution in [0.3, 0.4) is 0 Å². The minimum atomic E-state index is -5.03. The maximum absolute atomic E-state index is 14.9. The minimum Gasteiger partial charge on any atom is -0.481 e. The summed E-state index contributed by atoms with van der Waals surface area (Å²) in [4.78, 5) is 27.2. The average Bonchev–Trinajstić information content (AvgIpc) is 3.28. The Morgan fingerprint density at radius 3 is 2.33 bits per heavy atom. The van der Waals surface area contributed by atoms with Gasteiger partial charge in [-0.05, 0) is 99.1 Å². The van der Waals surface area contributed by atoms with Gasteiger partial charge in [0.25, 0.3) is 0 Å². The summed E-state index contributed by atoms with van der Waals surface area (Å²) in [6, 6.07) is 9.90. The second-order valence-corrected chi connectivity index (χ2v) is 12.4. The number of likely N-dealkylation sites (tertiary alicyclic amines) is 1. The molecule has 3 atom stereocenters. The second kappa shape index (κ2) is 10.3. The third kappa shape index (κ3) is 4.90. The normalized spacial score (nSPS) is 28.0. The average molecular weight is 580 g/mol. The van der Waals surface area contributed by atoms with E-state index in [-0.39, 0.29) is 17.9 Å². The molecule has 2 aromatic carbocycles. The first-order valence-electron chi connectivity index (χ1n) is 13.9. The third-order valence-electron chi connectivity index (χ3n) is 9.67. The van der Waals surface area contributed by atoms with Crippen molar-refractivity contribution in [1.82, 2.24) is 4.90 Å². The van der Waals surface area contributed by atoms with E-state index < -0.39 is 34.7 Å². The summed E-state index contributed by atoms with van der Waals surface area (Å²) in [7, 11) is 0. The number of carbonyl (C=O) groups excluding carboxylic acids is 1. The van der Waals surface area contributed by atoms with Gasteiger partial charge in [-0.15, -0.1) is 0 Å². The molecule has 9 heteroatoms. The van der Waals surface area contributed by atoms with Crippen LogP contribution in [0.4, 0.5) is 17.6 Å². The van der Waals surface area contributed by atoms with Gasteiger partial charge in [0.1, 0.15) is 0 Å². The molecule has 0 bridgehead atoms. The van der Waals surface area contributed by atoms with Crippen molar-refractivity contribution in [2.45, 2.75) is 88.5 Å². The Hall–Kier alpha value is -2.61. The van der Waals surface area contributed by atoms with Crippen molar-refractivity contribution in [3.8, 4) is 0 Å². The van der Waals surface area contributed by atoms with E-state index in [2.05, 4.69) is 0 Å². The van der Waals surface area contributed by atoms with Crippen LogP contribution in [-0.2, 0) is 33.5 Å². The highest BCUT2D eigenvalue weighted by Gasteiger charge is 2.56. The van der Waals surface area contributed by atoms with E-state index in [9.17, 15) is 32.3 Å². The molecule has 1 amide bonds. The summed E-state index contributed by atoms with van der Waals surface area (Å²) < 4.78 is 55.5. The van der Waals surface area contributed by atoms with Crippen LogP contribution in [-0.4, -0.2) is 40.6 Å². The SMILES string of the molecule is Cc1cc(CC23CCN(C(=O)C4CCC(C(=O)O)CC4)C2CCc2cc(C(C)(F)C(F)(F)F)ccc23)ccc1Cl. The Kier molecular flexibility index (Phi) is 7.47. The van der Waals surface area contributed by atoms with E-state index in [1.807, 2.05) is 30.0 Å². The van der Waals surface area contributed by atoms with Crippen molar-refractivity contribution in [2.24, 2.45) is 11.8 Å². The van der Waals surface area contributed by atoms with Crippen molar-refractivity contribution in [3.05, 3.63) is 69.2 Å². The summed E-state index contributed by atoms with van der Waals surface area (Å²) in [5, 5.41) is 10.00. The van der Waals surface area contributed by atoms with E-state index in [1.54, 1.807) is 6.07 Å². The lowest BCUT2D eigenvalue weighted by molar-refractivity contribution is -0.228. The molecular formula is C31H34ClF4NO3. The maximum atomic E-state index is 14.9. The van der Waals surface area contributed by atoms with Crippen LogP contribution in [0.15, 0.2) is 36.4 Å². The molecule has 3 aliphatic rings. The molecule has 1 N–H and O–H groups in total. The zero-order valence-electron chi connectivity index (χ0n) is 22.7. The van der Waals surface area contributed by atoms with Gasteiger partial charge in [0.15, 0.2) is 0 Å². The highest BCUT2D eigenvalue weighted by molar-refractivity contribution is 6.31. The summed E-state index contributed by atoms with van der Waals surface area (Å²) in [5.41, 5.74) is -0.900. The summed E-state index contributed by atoms with van der Waals surface area (Å²) in [5.74, 6) is -1.42. The monoisotopic (exact) mass is 579 g/mol. The Balaban J connectivity index is 1.51. The molecule has 0 radical (unpaired) electrons. The number of amides is 1. The number of carboxylic acids is 1. The largest absolute Gasteiger partial charge is 0.481 e.